The zero-order chi connectivity index (χ0) is 14.0. The predicted octanol–water partition coefficient (Wildman–Crippen LogP) is 0.743. The number of likely N-dealkylation sites (tertiary alicyclic amines) is 1. The minimum absolute atomic E-state index is 0.0242. The van der Waals surface area contributed by atoms with Crippen LogP contribution in [-0.4, -0.2) is 59.9 Å². The third kappa shape index (κ3) is 2.55. The second kappa shape index (κ2) is 5.72. The van der Waals surface area contributed by atoms with Crippen LogP contribution in [0.3, 0.4) is 0 Å². The molecule has 5 heteroatoms. The molecule has 0 unspecified atom stereocenters. The average Bonchev–Trinajstić information content (AvgIpc) is 2.85. The fourth-order valence-corrected chi connectivity index (χ4v) is 4.01. The third-order valence-corrected chi connectivity index (χ3v) is 5.12. The van der Waals surface area contributed by atoms with Crippen LogP contribution in [0.2, 0.25) is 0 Å². The number of nitrogens with one attached hydrogen (secondary N) is 1. The molecule has 3 aliphatic rings. The van der Waals surface area contributed by atoms with Crippen molar-refractivity contribution >= 4 is 11.8 Å². The maximum atomic E-state index is 12.7. The van der Waals surface area contributed by atoms with Gasteiger partial charge in [-0.1, -0.05) is 19.3 Å². The molecule has 2 aliphatic heterocycles. The molecule has 3 fully saturated rings. The SMILES string of the molecule is O=C1CCCN1CC(=O)N1CCNCC12CCCCC2. The molecule has 0 aromatic heterocycles. The highest BCUT2D eigenvalue weighted by Crippen LogP contribution is 2.34. The highest BCUT2D eigenvalue weighted by Gasteiger charge is 2.42. The van der Waals surface area contributed by atoms with E-state index < -0.39 is 0 Å². The van der Waals surface area contributed by atoms with Gasteiger partial charge < -0.3 is 15.1 Å². The molecule has 112 valence electrons. The van der Waals surface area contributed by atoms with Gasteiger partial charge in [-0.15, -0.1) is 0 Å². The maximum Gasteiger partial charge on any atom is 0.242 e. The Hall–Kier alpha value is -1.10. The average molecular weight is 279 g/mol. The Morgan fingerprint density at radius 1 is 1.15 bits per heavy atom. The van der Waals surface area contributed by atoms with Crippen LogP contribution in [0.25, 0.3) is 0 Å². The van der Waals surface area contributed by atoms with Crippen LogP contribution < -0.4 is 5.32 Å². The molecule has 3 rings (SSSR count). The van der Waals surface area contributed by atoms with Crippen molar-refractivity contribution in [2.45, 2.75) is 50.5 Å². The third-order valence-electron chi connectivity index (χ3n) is 5.12. The van der Waals surface area contributed by atoms with Crippen molar-refractivity contribution in [2.24, 2.45) is 0 Å². The first-order valence-electron chi connectivity index (χ1n) is 8.00. The number of rotatable bonds is 2. The van der Waals surface area contributed by atoms with Crippen LogP contribution in [0.1, 0.15) is 44.9 Å². The molecule has 2 saturated heterocycles. The van der Waals surface area contributed by atoms with Crippen LogP contribution in [0.5, 0.6) is 0 Å². The summed E-state index contributed by atoms with van der Waals surface area (Å²) in [5.41, 5.74) is 0.0242. The minimum atomic E-state index is 0.0242. The predicted molar refractivity (Wildman–Crippen MR) is 76.2 cm³/mol. The summed E-state index contributed by atoms with van der Waals surface area (Å²) in [6.45, 7) is 3.64. The molecule has 0 aromatic rings. The summed E-state index contributed by atoms with van der Waals surface area (Å²) in [5.74, 6) is 0.301. The van der Waals surface area contributed by atoms with Gasteiger partial charge in [0.1, 0.15) is 0 Å². The van der Waals surface area contributed by atoms with Crippen molar-refractivity contribution in [2.75, 3.05) is 32.7 Å². The largest absolute Gasteiger partial charge is 0.333 e. The molecule has 1 spiro atoms. The van der Waals surface area contributed by atoms with Gasteiger partial charge in [-0.25, -0.2) is 0 Å². The number of amides is 2. The van der Waals surface area contributed by atoms with Gasteiger partial charge in [-0.3, -0.25) is 9.59 Å². The summed E-state index contributed by atoms with van der Waals surface area (Å²) < 4.78 is 0. The summed E-state index contributed by atoms with van der Waals surface area (Å²) in [5, 5.41) is 3.46. The van der Waals surface area contributed by atoms with Crippen LogP contribution >= 0.6 is 0 Å². The van der Waals surface area contributed by atoms with Gasteiger partial charge in [0.25, 0.3) is 0 Å². The van der Waals surface area contributed by atoms with E-state index in [9.17, 15) is 9.59 Å². The van der Waals surface area contributed by atoms with Crippen molar-refractivity contribution in [3.63, 3.8) is 0 Å². The lowest BCUT2D eigenvalue weighted by atomic mass is 9.79. The van der Waals surface area contributed by atoms with E-state index in [0.29, 0.717) is 13.0 Å². The van der Waals surface area contributed by atoms with E-state index in [-0.39, 0.29) is 17.4 Å². The van der Waals surface area contributed by atoms with Gasteiger partial charge in [0.05, 0.1) is 12.1 Å². The first-order valence-corrected chi connectivity index (χ1v) is 8.00. The highest BCUT2D eigenvalue weighted by atomic mass is 16.2. The maximum absolute atomic E-state index is 12.7. The number of hydrogen-bond donors (Lipinski definition) is 1. The van der Waals surface area contributed by atoms with Crippen LogP contribution in [0.15, 0.2) is 0 Å². The molecule has 0 radical (unpaired) electrons. The zero-order valence-corrected chi connectivity index (χ0v) is 12.2. The molecular formula is C15H25N3O2. The molecule has 1 N–H and O–H groups in total. The lowest BCUT2D eigenvalue weighted by Gasteiger charge is -2.50. The number of piperazine rings is 1. The smallest absolute Gasteiger partial charge is 0.242 e. The Kier molecular flexibility index (Phi) is 3.96. The quantitative estimate of drug-likeness (QED) is 0.811. The number of hydrogen-bond acceptors (Lipinski definition) is 3. The number of carbonyl (C=O) groups excluding carboxylic acids is 2. The standard InChI is InChI=1S/C15H25N3O2/c19-13-5-4-9-17(13)11-14(20)18-10-8-16-12-15(18)6-2-1-3-7-15/h16H,1-12H2. The monoisotopic (exact) mass is 279 g/mol. The lowest BCUT2D eigenvalue weighted by Crippen LogP contribution is -2.64. The van der Waals surface area contributed by atoms with Gasteiger partial charge in [0, 0.05) is 32.6 Å². The van der Waals surface area contributed by atoms with Crippen molar-refractivity contribution < 1.29 is 9.59 Å². The Morgan fingerprint density at radius 3 is 2.65 bits per heavy atom. The summed E-state index contributed by atoms with van der Waals surface area (Å²) in [4.78, 5) is 28.2. The van der Waals surface area contributed by atoms with Crippen molar-refractivity contribution in [3.05, 3.63) is 0 Å². The van der Waals surface area contributed by atoms with Crippen molar-refractivity contribution in [1.29, 1.82) is 0 Å². The molecule has 0 aromatic carbocycles. The van der Waals surface area contributed by atoms with Crippen LogP contribution in [0.4, 0.5) is 0 Å². The molecule has 2 amide bonds. The Balaban J connectivity index is 1.69. The fourth-order valence-electron chi connectivity index (χ4n) is 4.01. The Bertz CT molecular complexity index is 382. The van der Waals surface area contributed by atoms with E-state index in [1.807, 2.05) is 0 Å². The van der Waals surface area contributed by atoms with Gasteiger partial charge >= 0.3 is 0 Å². The summed E-state index contributed by atoms with van der Waals surface area (Å²) >= 11 is 0. The summed E-state index contributed by atoms with van der Waals surface area (Å²) in [6.07, 6.45) is 7.45. The Morgan fingerprint density at radius 2 is 1.95 bits per heavy atom. The first kappa shape index (κ1) is 13.9. The van der Waals surface area contributed by atoms with Crippen molar-refractivity contribution in [3.8, 4) is 0 Å². The van der Waals surface area contributed by atoms with Crippen molar-refractivity contribution in [1.82, 2.24) is 15.1 Å². The Labute approximate surface area is 120 Å². The first-order chi connectivity index (χ1) is 9.71. The number of nitrogens with zero attached hydrogens (tertiary/aromatic N) is 2. The van der Waals surface area contributed by atoms with E-state index >= 15 is 0 Å². The molecule has 0 atom stereocenters. The normalized spacial score (nSPS) is 26.3. The molecule has 2 heterocycles. The number of carbonyl (C=O) groups is 2. The van der Waals surface area contributed by atoms with E-state index in [1.54, 1.807) is 4.90 Å². The van der Waals surface area contributed by atoms with Crippen LogP contribution in [0, 0.1) is 0 Å². The van der Waals surface area contributed by atoms with Gasteiger partial charge in [-0.2, -0.15) is 0 Å². The van der Waals surface area contributed by atoms with E-state index in [2.05, 4.69) is 10.2 Å². The molecule has 0 bridgehead atoms. The second-order valence-electron chi connectivity index (χ2n) is 6.43. The summed E-state index contributed by atoms with van der Waals surface area (Å²) in [7, 11) is 0. The molecule has 1 aliphatic carbocycles. The van der Waals surface area contributed by atoms with Crippen LogP contribution in [-0.2, 0) is 9.59 Å². The van der Waals surface area contributed by atoms with E-state index in [1.165, 1.54) is 19.3 Å². The van der Waals surface area contributed by atoms with Gasteiger partial charge in [0.2, 0.25) is 11.8 Å². The molecule has 5 nitrogen and oxygen atoms in total. The molecular weight excluding hydrogens is 254 g/mol. The topological polar surface area (TPSA) is 52.7 Å². The minimum Gasteiger partial charge on any atom is -0.333 e. The van der Waals surface area contributed by atoms with E-state index in [0.717, 1.165) is 45.4 Å². The lowest BCUT2D eigenvalue weighted by molar-refractivity contribution is -0.145. The fraction of sp³-hybridized carbons (Fsp3) is 0.867. The molecule has 20 heavy (non-hydrogen) atoms. The molecule has 1 saturated carbocycles. The summed E-state index contributed by atoms with van der Waals surface area (Å²) in [6, 6.07) is 0. The van der Waals surface area contributed by atoms with Gasteiger partial charge in [0.15, 0.2) is 0 Å². The van der Waals surface area contributed by atoms with E-state index in [4.69, 9.17) is 0 Å². The van der Waals surface area contributed by atoms with Gasteiger partial charge in [-0.05, 0) is 19.3 Å². The zero-order valence-electron chi connectivity index (χ0n) is 12.2. The highest BCUT2D eigenvalue weighted by molar-refractivity contribution is 5.86. The second-order valence-corrected chi connectivity index (χ2v) is 6.43.